The average Bonchev–Trinajstić information content (AvgIpc) is 2.83. The molecule has 0 aliphatic heterocycles. The number of hydrogen-bond acceptors (Lipinski definition) is 2. The fourth-order valence-electron chi connectivity index (χ4n) is 3.05. The molecule has 1 heterocycles. The molecule has 1 atom stereocenters. The summed E-state index contributed by atoms with van der Waals surface area (Å²) in [5.41, 5.74) is 2.37. The van der Waals surface area contributed by atoms with Gasteiger partial charge >= 0.3 is 0 Å². The number of hydrogen-bond donors (Lipinski definition) is 1. The molecule has 20 heavy (non-hydrogen) atoms. The van der Waals surface area contributed by atoms with Gasteiger partial charge in [-0.05, 0) is 43.0 Å². The third-order valence-electron chi connectivity index (χ3n) is 4.12. The van der Waals surface area contributed by atoms with Gasteiger partial charge in [-0.3, -0.25) is 4.68 Å². The van der Waals surface area contributed by atoms with Crippen LogP contribution in [-0.4, -0.2) is 14.9 Å². The average molecular weight is 295 g/mol. The van der Waals surface area contributed by atoms with Crippen molar-refractivity contribution >= 4 is 11.6 Å². The third kappa shape index (κ3) is 2.03. The smallest absolute Gasteiger partial charge is 0.130 e. The summed E-state index contributed by atoms with van der Waals surface area (Å²) in [7, 11) is 1.78. The van der Waals surface area contributed by atoms with E-state index in [2.05, 4.69) is 5.10 Å². The summed E-state index contributed by atoms with van der Waals surface area (Å²) in [5.74, 6) is -0.261. The van der Waals surface area contributed by atoms with Gasteiger partial charge in [0.05, 0.1) is 11.3 Å². The number of nitrogens with zero attached hydrogens (tertiary/aromatic N) is 2. The Hall–Kier alpha value is -1.39. The lowest BCUT2D eigenvalue weighted by molar-refractivity contribution is 0.0388. The molecule has 106 valence electrons. The van der Waals surface area contributed by atoms with Crippen LogP contribution < -0.4 is 0 Å². The molecule has 3 nitrogen and oxygen atoms in total. The van der Waals surface area contributed by atoms with Gasteiger partial charge in [-0.25, -0.2) is 4.39 Å². The van der Waals surface area contributed by atoms with Crippen molar-refractivity contribution in [2.75, 3.05) is 0 Å². The number of aryl methyl sites for hydroxylation is 3. The standard InChI is InChI=1S/C15H16ClFN2O/c1-9-12(14(16)19(2)18-9)8-15(20)6-5-10-7-11(17)3-4-13(10)15/h3-4,7,20H,5-6,8H2,1-2H3. The molecule has 1 aromatic heterocycles. The molecule has 1 aliphatic carbocycles. The molecule has 0 spiro atoms. The molecule has 1 aliphatic rings. The molecule has 0 saturated carbocycles. The highest BCUT2D eigenvalue weighted by Crippen LogP contribution is 2.41. The van der Waals surface area contributed by atoms with Crippen molar-refractivity contribution in [3.8, 4) is 0 Å². The Kier molecular flexibility index (Phi) is 3.10. The quantitative estimate of drug-likeness (QED) is 0.925. The van der Waals surface area contributed by atoms with E-state index >= 15 is 0 Å². The van der Waals surface area contributed by atoms with E-state index in [1.165, 1.54) is 12.1 Å². The second kappa shape index (κ2) is 4.57. The fourth-order valence-corrected chi connectivity index (χ4v) is 3.29. The van der Waals surface area contributed by atoms with Gasteiger partial charge in [0, 0.05) is 19.0 Å². The Morgan fingerprint density at radius 3 is 2.90 bits per heavy atom. The van der Waals surface area contributed by atoms with Crippen molar-refractivity contribution in [1.82, 2.24) is 9.78 Å². The Morgan fingerprint density at radius 2 is 2.25 bits per heavy atom. The van der Waals surface area contributed by atoms with Crippen LogP contribution in [0, 0.1) is 12.7 Å². The van der Waals surface area contributed by atoms with E-state index in [9.17, 15) is 9.50 Å². The van der Waals surface area contributed by atoms with Crippen molar-refractivity contribution in [1.29, 1.82) is 0 Å². The van der Waals surface area contributed by atoms with Gasteiger partial charge in [-0.15, -0.1) is 0 Å². The Bertz CT molecular complexity index is 683. The van der Waals surface area contributed by atoms with Crippen molar-refractivity contribution < 1.29 is 9.50 Å². The molecule has 1 unspecified atom stereocenters. The minimum absolute atomic E-state index is 0.261. The van der Waals surface area contributed by atoms with E-state index in [-0.39, 0.29) is 5.82 Å². The molecule has 1 N–H and O–H groups in total. The molecule has 3 rings (SSSR count). The minimum atomic E-state index is -0.986. The van der Waals surface area contributed by atoms with E-state index in [1.54, 1.807) is 17.8 Å². The Balaban J connectivity index is 2.00. The van der Waals surface area contributed by atoms with Crippen LogP contribution in [0.2, 0.25) is 5.15 Å². The zero-order valence-electron chi connectivity index (χ0n) is 11.5. The van der Waals surface area contributed by atoms with Crippen molar-refractivity contribution in [2.24, 2.45) is 7.05 Å². The molecular weight excluding hydrogens is 279 g/mol. The first-order valence-corrected chi connectivity index (χ1v) is 6.98. The van der Waals surface area contributed by atoms with Gasteiger partial charge in [0.15, 0.2) is 0 Å². The van der Waals surface area contributed by atoms with Crippen LogP contribution >= 0.6 is 11.6 Å². The number of fused-ring (bicyclic) bond motifs is 1. The van der Waals surface area contributed by atoms with Crippen molar-refractivity contribution in [3.05, 3.63) is 51.6 Å². The monoisotopic (exact) mass is 294 g/mol. The molecule has 0 radical (unpaired) electrons. The maximum absolute atomic E-state index is 13.3. The summed E-state index contributed by atoms with van der Waals surface area (Å²) in [6.07, 6.45) is 1.67. The van der Waals surface area contributed by atoms with E-state index in [0.717, 1.165) is 22.4 Å². The molecule has 0 fully saturated rings. The minimum Gasteiger partial charge on any atom is -0.385 e. The van der Waals surface area contributed by atoms with Crippen molar-refractivity contribution in [2.45, 2.75) is 31.8 Å². The highest BCUT2D eigenvalue weighted by Gasteiger charge is 2.38. The third-order valence-corrected chi connectivity index (χ3v) is 4.59. The molecule has 2 aromatic rings. The molecule has 0 saturated heterocycles. The maximum Gasteiger partial charge on any atom is 0.130 e. The number of aromatic nitrogens is 2. The van der Waals surface area contributed by atoms with Gasteiger partial charge < -0.3 is 5.11 Å². The van der Waals surface area contributed by atoms with Crippen LogP contribution in [0.5, 0.6) is 0 Å². The lowest BCUT2D eigenvalue weighted by atomic mass is 9.89. The van der Waals surface area contributed by atoms with Gasteiger partial charge in [0.2, 0.25) is 0 Å². The first-order valence-electron chi connectivity index (χ1n) is 6.60. The fraction of sp³-hybridized carbons (Fsp3) is 0.400. The largest absolute Gasteiger partial charge is 0.385 e. The number of benzene rings is 1. The Labute approximate surface area is 122 Å². The zero-order valence-corrected chi connectivity index (χ0v) is 12.2. The summed E-state index contributed by atoms with van der Waals surface area (Å²) in [5, 5.41) is 15.7. The summed E-state index contributed by atoms with van der Waals surface area (Å²) in [4.78, 5) is 0. The van der Waals surface area contributed by atoms with Gasteiger partial charge in [-0.1, -0.05) is 17.7 Å². The molecule has 0 amide bonds. The number of rotatable bonds is 2. The van der Waals surface area contributed by atoms with Crippen LogP contribution in [0.15, 0.2) is 18.2 Å². The van der Waals surface area contributed by atoms with E-state index < -0.39 is 5.60 Å². The number of halogens is 2. The topological polar surface area (TPSA) is 38.0 Å². The van der Waals surface area contributed by atoms with Gasteiger partial charge in [0.1, 0.15) is 11.0 Å². The zero-order chi connectivity index (χ0) is 14.5. The van der Waals surface area contributed by atoms with Crippen LogP contribution in [0.25, 0.3) is 0 Å². The molecule has 0 bridgehead atoms. The van der Waals surface area contributed by atoms with Crippen LogP contribution in [0.3, 0.4) is 0 Å². The lowest BCUT2D eigenvalue weighted by Crippen LogP contribution is -2.25. The SMILES string of the molecule is Cc1nn(C)c(Cl)c1CC1(O)CCc2cc(F)ccc21. The normalized spacial score (nSPS) is 21.2. The second-order valence-corrected chi connectivity index (χ2v) is 5.85. The van der Waals surface area contributed by atoms with Crippen LogP contribution in [-0.2, 0) is 25.5 Å². The van der Waals surface area contributed by atoms with E-state index in [1.807, 2.05) is 6.92 Å². The summed E-state index contributed by atoms with van der Waals surface area (Å²) in [6.45, 7) is 1.88. The first kappa shape index (κ1) is 13.6. The lowest BCUT2D eigenvalue weighted by Gasteiger charge is -2.24. The highest BCUT2D eigenvalue weighted by molar-refractivity contribution is 6.30. The maximum atomic E-state index is 13.3. The van der Waals surface area contributed by atoms with E-state index in [0.29, 0.717) is 24.4 Å². The predicted molar refractivity (Wildman–Crippen MR) is 75.3 cm³/mol. The van der Waals surface area contributed by atoms with Gasteiger partial charge in [-0.2, -0.15) is 5.10 Å². The summed E-state index contributed by atoms with van der Waals surface area (Å²) < 4.78 is 14.9. The summed E-state index contributed by atoms with van der Waals surface area (Å²) in [6, 6.07) is 4.58. The molecular formula is C15H16ClFN2O. The van der Waals surface area contributed by atoms with Crippen LogP contribution in [0.1, 0.15) is 28.8 Å². The van der Waals surface area contributed by atoms with Crippen LogP contribution in [0.4, 0.5) is 4.39 Å². The molecule has 1 aromatic carbocycles. The van der Waals surface area contributed by atoms with Gasteiger partial charge in [0.25, 0.3) is 0 Å². The van der Waals surface area contributed by atoms with Crippen molar-refractivity contribution in [3.63, 3.8) is 0 Å². The highest BCUT2D eigenvalue weighted by atomic mass is 35.5. The summed E-state index contributed by atoms with van der Waals surface area (Å²) >= 11 is 6.24. The first-order chi connectivity index (χ1) is 9.40. The second-order valence-electron chi connectivity index (χ2n) is 5.49. The number of aliphatic hydroxyl groups is 1. The molecule has 5 heteroatoms. The predicted octanol–water partition coefficient (Wildman–Crippen LogP) is 2.90. The van der Waals surface area contributed by atoms with E-state index in [4.69, 9.17) is 11.6 Å². The Morgan fingerprint density at radius 1 is 1.50 bits per heavy atom.